The van der Waals surface area contributed by atoms with Crippen LogP contribution in [0.4, 0.5) is 17.6 Å². The first-order valence-corrected chi connectivity index (χ1v) is 15.3. The summed E-state index contributed by atoms with van der Waals surface area (Å²) in [6.45, 7) is 0. The maximum absolute atomic E-state index is 13.9. The lowest BCUT2D eigenvalue weighted by Gasteiger charge is -2.24. The number of hydrogen-bond acceptors (Lipinski definition) is 0. The average molecular weight is 568 g/mol. The highest BCUT2D eigenvalue weighted by atomic mass is 31.1. The SMILES string of the molecule is Fc1ccc(P(c2ccc(F)cc2)c2cccc3c(P(c4ccc(F)cc4)c4ccc(F)cc4)cccc23)cc1. The Morgan fingerprint density at radius 2 is 0.550 bits per heavy atom. The molecule has 0 spiro atoms. The summed E-state index contributed by atoms with van der Waals surface area (Å²) in [6, 6.07) is 38.2. The second-order valence-electron chi connectivity index (χ2n) is 9.23. The highest BCUT2D eigenvalue weighted by Gasteiger charge is 2.23. The topological polar surface area (TPSA) is 0 Å². The van der Waals surface area contributed by atoms with Crippen LogP contribution in [0.1, 0.15) is 0 Å². The first-order valence-electron chi connectivity index (χ1n) is 12.6. The van der Waals surface area contributed by atoms with Gasteiger partial charge in [0.05, 0.1) is 0 Å². The maximum atomic E-state index is 13.9. The van der Waals surface area contributed by atoms with E-state index < -0.39 is 15.8 Å². The molecule has 0 amide bonds. The van der Waals surface area contributed by atoms with Gasteiger partial charge in [-0.3, -0.25) is 0 Å². The van der Waals surface area contributed by atoms with E-state index in [0.29, 0.717) is 0 Å². The van der Waals surface area contributed by atoms with Crippen LogP contribution in [0.3, 0.4) is 0 Å². The van der Waals surface area contributed by atoms with Crippen molar-refractivity contribution in [2.24, 2.45) is 0 Å². The van der Waals surface area contributed by atoms with Crippen molar-refractivity contribution in [1.82, 2.24) is 0 Å². The van der Waals surface area contributed by atoms with Gasteiger partial charge in [0.15, 0.2) is 0 Å². The van der Waals surface area contributed by atoms with Crippen molar-refractivity contribution in [2.75, 3.05) is 0 Å². The van der Waals surface area contributed by atoms with E-state index in [2.05, 4.69) is 24.3 Å². The first kappa shape index (κ1) is 26.4. The third-order valence-corrected chi connectivity index (χ3v) is 11.7. The molecule has 0 aliphatic carbocycles. The number of halogens is 4. The van der Waals surface area contributed by atoms with Crippen molar-refractivity contribution in [3.05, 3.63) is 157 Å². The van der Waals surface area contributed by atoms with E-state index in [4.69, 9.17) is 0 Å². The Labute approximate surface area is 232 Å². The predicted octanol–water partition coefficient (Wildman–Crippen LogP) is 6.91. The summed E-state index contributed by atoms with van der Waals surface area (Å²) in [7, 11) is -2.29. The third-order valence-electron chi connectivity index (χ3n) is 6.70. The average Bonchev–Trinajstić information content (AvgIpc) is 2.97. The minimum absolute atomic E-state index is 0.317. The fraction of sp³-hybridized carbons (Fsp3) is 0. The summed E-state index contributed by atoms with van der Waals surface area (Å²) in [5.41, 5.74) is 0. The Morgan fingerprint density at radius 1 is 0.300 bits per heavy atom. The molecule has 0 atom stereocenters. The van der Waals surface area contributed by atoms with Crippen LogP contribution in [0.2, 0.25) is 0 Å². The fourth-order valence-electron chi connectivity index (χ4n) is 4.88. The van der Waals surface area contributed by atoms with Gasteiger partial charge in [-0.25, -0.2) is 17.6 Å². The van der Waals surface area contributed by atoms with E-state index in [1.165, 1.54) is 48.5 Å². The van der Waals surface area contributed by atoms with Crippen molar-refractivity contribution < 1.29 is 17.6 Å². The van der Waals surface area contributed by atoms with Gasteiger partial charge in [-0.1, -0.05) is 84.9 Å². The Bertz CT molecular complexity index is 1540. The zero-order chi connectivity index (χ0) is 27.6. The number of rotatable bonds is 6. The smallest absolute Gasteiger partial charge is 0.123 e. The molecule has 0 nitrogen and oxygen atoms in total. The minimum Gasteiger partial charge on any atom is -0.207 e. The van der Waals surface area contributed by atoms with Crippen LogP contribution in [0.5, 0.6) is 0 Å². The van der Waals surface area contributed by atoms with E-state index in [9.17, 15) is 17.6 Å². The van der Waals surface area contributed by atoms with Crippen LogP contribution in [0.15, 0.2) is 133 Å². The van der Waals surface area contributed by atoms with Crippen LogP contribution < -0.4 is 31.8 Å². The van der Waals surface area contributed by atoms with Crippen LogP contribution in [0, 0.1) is 23.3 Å². The molecule has 6 rings (SSSR count). The summed E-state index contributed by atoms with van der Waals surface area (Å²) in [5.74, 6) is -1.27. The zero-order valence-electron chi connectivity index (χ0n) is 21.1. The molecular formula is C34H22F4P2. The van der Waals surface area contributed by atoms with Crippen molar-refractivity contribution in [3.8, 4) is 0 Å². The van der Waals surface area contributed by atoms with E-state index >= 15 is 0 Å². The molecule has 0 unspecified atom stereocenters. The van der Waals surface area contributed by atoms with E-state index in [0.717, 1.165) is 42.6 Å². The van der Waals surface area contributed by atoms with Gasteiger partial charge in [0.1, 0.15) is 23.3 Å². The second kappa shape index (κ2) is 11.3. The summed E-state index contributed by atoms with van der Waals surface area (Å²) >= 11 is 0. The van der Waals surface area contributed by atoms with Gasteiger partial charge >= 0.3 is 0 Å². The molecule has 0 heterocycles. The lowest BCUT2D eigenvalue weighted by Crippen LogP contribution is -2.24. The lowest BCUT2D eigenvalue weighted by atomic mass is 10.1. The normalized spacial score (nSPS) is 11.4. The molecular weight excluding hydrogens is 546 g/mol. The molecule has 0 radical (unpaired) electrons. The van der Waals surface area contributed by atoms with Gasteiger partial charge in [-0.05, 0) is 107 Å². The van der Waals surface area contributed by atoms with Crippen molar-refractivity contribution >= 4 is 58.4 Å². The van der Waals surface area contributed by atoms with Crippen molar-refractivity contribution in [2.45, 2.75) is 0 Å². The number of benzene rings is 6. The monoisotopic (exact) mass is 568 g/mol. The largest absolute Gasteiger partial charge is 0.207 e. The molecule has 0 bridgehead atoms. The van der Waals surface area contributed by atoms with Crippen LogP contribution in [-0.4, -0.2) is 0 Å². The van der Waals surface area contributed by atoms with E-state index in [-0.39, 0.29) is 23.3 Å². The third kappa shape index (κ3) is 5.30. The van der Waals surface area contributed by atoms with Crippen LogP contribution in [-0.2, 0) is 0 Å². The molecule has 0 aliphatic heterocycles. The summed E-state index contributed by atoms with van der Waals surface area (Å²) < 4.78 is 55.6. The molecule has 40 heavy (non-hydrogen) atoms. The highest BCUT2D eigenvalue weighted by molar-refractivity contribution is 7.81. The molecule has 6 heteroatoms. The Balaban J connectivity index is 1.58. The first-order chi connectivity index (χ1) is 19.5. The molecule has 0 fully saturated rings. The molecule has 0 aliphatic rings. The molecule has 0 aromatic heterocycles. The van der Waals surface area contributed by atoms with Crippen LogP contribution >= 0.6 is 15.8 Å². The number of fused-ring (bicyclic) bond motifs is 1. The van der Waals surface area contributed by atoms with Crippen molar-refractivity contribution in [3.63, 3.8) is 0 Å². The Morgan fingerprint density at radius 3 is 0.800 bits per heavy atom. The van der Waals surface area contributed by atoms with Gasteiger partial charge in [-0.15, -0.1) is 0 Å². The predicted molar refractivity (Wildman–Crippen MR) is 161 cm³/mol. The minimum atomic E-state index is -1.14. The second-order valence-corrected chi connectivity index (χ2v) is 13.6. The highest BCUT2D eigenvalue weighted by Crippen LogP contribution is 2.39. The van der Waals surface area contributed by atoms with Gasteiger partial charge in [0, 0.05) is 0 Å². The Hall–Kier alpha value is -3.84. The maximum Gasteiger partial charge on any atom is 0.123 e. The van der Waals surface area contributed by atoms with Gasteiger partial charge in [0.2, 0.25) is 0 Å². The Kier molecular flexibility index (Phi) is 7.48. The fourth-order valence-corrected chi connectivity index (χ4v) is 9.72. The van der Waals surface area contributed by atoms with E-state index in [1.54, 1.807) is 48.5 Å². The number of hydrogen-bond donors (Lipinski definition) is 0. The molecule has 0 saturated heterocycles. The lowest BCUT2D eigenvalue weighted by molar-refractivity contribution is 0.628. The zero-order valence-corrected chi connectivity index (χ0v) is 22.9. The molecule has 0 saturated carbocycles. The summed E-state index contributed by atoms with van der Waals surface area (Å²) in [5, 5.41) is 7.94. The molecule has 6 aromatic carbocycles. The molecule has 0 N–H and O–H groups in total. The van der Waals surface area contributed by atoms with Gasteiger partial charge in [0.25, 0.3) is 0 Å². The standard InChI is InChI=1S/C34H22F4P2/c35-23-7-15-27(16-8-23)39(28-17-9-24(36)10-18-28)33-5-1-3-31-32(33)4-2-6-34(31)40(29-19-11-25(37)12-20-29)30-21-13-26(38)14-22-30/h1-22H. The van der Waals surface area contributed by atoms with Gasteiger partial charge < -0.3 is 0 Å². The van der Waals surface area contributed by atoms with Crippen LogP contribution in [0.25, 0.3) is 10.8 Å². The van der Waals surface area contributed by atoms with Crippen molar-refractivity contribution in [1.29, 1.82) is 0 Å². The quantitative estimate of drug-likeness (QED) is 0.151. The molecule has 6 aromatic rings. The van der Waals surface area contributed by atoms with E-state index in [1.807, 2.05) is 12.1 Å². The summed E-state index contributed by atoms with van der Waals surface area (Å²) in [4.78, 5) is 0. The van der Waals surface area contributed by atoms with Gasteiger partial charge in [-0.2, -0.15) is 0 Å². The molecule has 196 valence electrons. The summed E-state index contributed by atoms with van der Waals surface area (Å²) in [6.07, 6.45) is 0.